The first-order valence-corrected chi connectivity index (χ1v) is 16.4. The Bertz CT molecular complexity index is 1960. The van der Waals surface area contributed by atoms with Crippen LogP contribution >= 0.6 is 0 Å². The highest BCUT2D eigenvalue weighted by Crippen LogP contribution is 2.37. The van der Waals surface area contributed by atoms with Crippen LogP contribution in [0.5, 0.6) is 11.5 Å². The van der Waals surface area contributed by atoms with Crippen molar-refractivity contribution in [3.05, 3.63) is 88.7 Å². The van der Waals surface area contributed by atoms with Gasteiger partial charge in [0, 0.05) is 27.7 Å². The summed E-state index contributed by atoms with van der Waals surface area (Å²) >= 11 is 0. The molecule has 0 saturated carbocycles. The standard InChI is InChI=1S/C36H42FN7O7.2H2/c1-22(2)31(40-36(48)51-6)34(46)41-17-19-42(20-18-41)44-32(39-28-10-8-7-9-27(28)33(44)45)23(3)43(29-16-15-26(49-4)21-30(29)50-5)35(47)38-25-13-11-24(37)12-14-25;;/h7-16,21-23,31H,17-20H2,1-6H3,(H,38,47)(H,40,48);2*1H/t23?,31-;;/m0../s1. The van der Waals surface area contributed by atoms with Crippen molar-refractivity contribution in [2.75, 3.05) is 62.7 Å². The molecule has 1 aromatic heterocycles. The summed E-state index contributed by atoms with van der Waals surface area (Å²) in [6.45, 7) is 6.41. The van der Waals surface area contributed by atoms with E-state index in [-0.39, 0.29) is 52.2 Å². The fourth-order valence-electron chi connectivity index (χ4n) is 6.01. The molecule has 0 radical (unpaired) electrons. The molecule has 0 bridgehead atoms. The van der Waals surface area contributed by atoms with Crippen molar-refractivity contribution < 1.29 is 35.8 Å². The van der Waals surface area contributed by atoms with E-state index in [9.17, 15) is 23.6 Å². The Balaban J connectivity index is 0.00000378. The first-order valence-electron chi connectivity index (χ1n) is 16.4. The number of piperazine rings is 1. The molecule has 1 unspecified atom stereocenters. The van der Waals surface area contributed by atoms with Crippen molar-refractivity contribution >= 4 is 40.3 Å². The summed E-state index contributed by atoms with van der Waals surface area (Å²) in [6, 6.07) is 15.0. The molecule has 2 N–H and O–H groups in total. The maximum atomic E-state index is 14.3. The van der Waals surface area contributed by atoms with Crippen molar-refractivity contribution in [3.8, 4) is 11.5 Å². The number of fused-ring (bicyclic) bond motifs is 1. The van der Waals surface area contributed by atoms with Gasteiger partial charge in [-0.1, -0.05) is 26.0 Å². The third-order valence-electron chi connectivity index (χ3n) is 8.74. The molecule has 5 rings (SSSR count). The zero-order valence-corrected chi connectivity index (χ0v) is 29.4. The number of methoxy groups -OCH3 is 3. The molecule has 2 heterocycles. The topological polar surface area (TPSA) is 148 Å². The number of urea groups is 1. The number of para-hydroxylation sites is 1. The van der Waals surface area contributed by atoms with E-state index in [1.54, 1.807) is 59.3 Å². The SMILES string of the molecule is COC(=O)N[C@H](C(=O)N1CCN(n2c(C(C)N(C(=O)Nc3ccc(F)cc3)c3ccc(OC)cc3OC)nc3ccccc3c2=O)CC1)C(C)C.[HH].[HH]. The van der Waals surface area contributed by atoms with Crippen molar-refractivity contribution in [2.45, 2.75) is 32.9 Å². The second-order valence-electron chi connectivity index (χ2n) is 12.3. The highest BCUT2D eigenvalue weighted by Gasteiger charge is 2.35. The number of hydrogen-bond donors (Lipinski definition) is 2. The van der Waals surface area contributed by atoms with Crippen LogP contribution in [-0.4, -0.2) is 86.1 Å². The molecule has 14 nitrogen and oxygen atoms in total. The second-order valence-corrected chi connectivity index (χ2v) is 12.3. The molecule has 4 amide bonds. The van der Waals surface area contributed by atoms with Gasteiger partial charge in [0.2, 0.25) is 5.91 Å². The zero-order chi connectivity index (χ0) is 36.8. The van der Waals surface area contributed by atoms with Gasteiger partial charge in [0.25, 0.3) is 5.56 Å². The van der Waals surface area contributed by atoms with Crippen molar-refractivity contribution in [1.29, 1.82) is 0 Å². The van der Waals surface area contributed by atoms with Gasteiger partial charge in [-0.3, -0.25) is 14.5 Å². The summed E-state index contributed by atoms with van der Waals surface area (Å²) in [4.78, 5) is 62.0. The Kier molecular flexibility index (Phi) is 11.3. The highest BCUT2D eigenvalue weighted by atomic mass is 19.1. The molecule has 1 saturated heterocycles. The largest absolute Gasteiger partial charge is 0.497 e. The Morgan fingerprint density at radius 1 is 0.922 bits per heavy atom. The van der Waals surface area contributed by atoms with Crippen LogP contribution in [0.2, 0.25) is 0 Å². The molecule has 1 aliphatic rings. The number of halogens is 1. The minimum absolute atomic E-state index is 0. The number of nitrogens with one attached hydrogen (secondary N) is 2. The van der Waals surface area contributed by atoms with Crippen LogP contribution in [0.25, 0.3) is 10.9 Å². The van der Waals surface area contributed by atoms with Crippen molar-refractivity contribution in [2.24, 2.45) is 5.92 Å². The normalized spacial score (nSPS) is 14.1. The van der Waals surface area contributed by atoms with Gasteiger partial charge in [0.1, 0.15) is 23.4 Å². The number of carbonyl (C=O) groups is 3. The highest BCUT2D eigenvalue weighted by molar-refractivity contribution is 6.03. The molecule has 274 valence electrons. The van der Waals surface area contributed by atoms with Gasteiger partial charge in [-0.15, -0.1) is 0 Å². The lowest BCUT2D eigenvalue weighted by Gasteiger charge is -2.40. The van der Waals surface area contributed by atoms with Gasteiger partial charge in [0.15, 0.2) is 5.82 Å². The number of alkyl carbamates (subject to hydrolysis) is 1. The van der Waals surface area contributed by atoms with E-state index in [4.69, 9.17) is 19.2 Å². The average molecular weight is 708 g/mol. The first-order chi connectivity index (χ1) is 24.5. The smallest absolute Gasteiger partial charge is 0.407 e. The lowest BCUT2D eigenvalue weighted by molar-refractivity contribution is -0.134. The summed E-state index contributed by atoms with van der Waals surface area (Å²) in [7, 11) is 4.22. The fourth-order valence-corrected chi connectivity index (χ4v) is 6.01. The number of amides is 4. The number of rotatable bonds is 10. The van der Waals surface area contributed by atoms with Crippen LogP contribution < -0.4 is 35.6 Å². The number of aromatic nitrogens is 2. The van der Waals surface area contributed by atoms with Gasteiger partial charge in [-0.25, -0.2) is 23.6 Å². The molecule has 1 fully saturated rings. The quantitative estimate of drug-likeness (QED) is 0.232. The van der Waals surface area contributed by atoms with Gasteiger partial charge in [0.05, 0.1) is 57.1 Å². The molecule has 0 spiro atoms. The maximum absolute atomic E-state index is 14.3. The third kappa shape index (κ3) is 7.82. The zero-order valence-electron chi connectivity index (χ0n) is 29.4. The lowest BCUT2D eigenvalue weighted by atomic mass is 10.0. The summed E-state index contributed by atoms with van der Waals surface area (Å²) in [5.41, 5.74) is 0.781. The predicted octanol–water partition coefficient (Wildman–Crippen LogP) is 5.01. The number of carbonyl (C=O) groups excluding carboxylic acids is 3. The molecule has 1 aliphatic heterocycles. The number of ether oxygens (including phenoxy) is 3. The number of nitrogens with zero attached hydrogens (tertiary/aromatic N) is 5. The average Bonchev–Trinajstić information content (AvgIpc) is 3.14. The number of hydrogen-bond acceptors (Lipinski definition) is 9. The molecular weight excluding hydrogens is 661 g/mol. The summed E-state index contributed by atoms with van der Waals surface area (Å²) in [5.74, 6) is 0.146. The first kappa shape index (κ1) is 36.4. The number of anilines is 2. The predicted molar refractivity (Wildman–Crippen MR) is 195 cm³/mol. The van der Waals surface area contributed by atoms with Gasteiger partial charge >= 0.3 is 12.1 Å². The van der Waals surface area contributed by atoms with Crippen molar-refractivity contribution in [3.63, 3.8) is 0 Å². The van der Waals surface area contributed by atoms with Crippen LogP contribution in [0.3, 0.4) is 0 Å². The van der Waals surface area contributed by atoms with E-state index in [1.807, 2.05) is 13.8 Å². The maximum Gasteiger partial charge on any atom is 0.407 e. The molecule has 15 heteroatoms. The monoisotopic (exact) mass is 707 g/mol. The Morgan fingerprint density at radius 2 is 1.61 bits per heavy atom. The summed E-state index contributed by atoms with van der Waals surface area (Å²) in [5, 5.41) is 7.63. The summed E-state index contributed by atoms with van der Waals surface area (Å²) in [6.07, 6.45) is -0.699. The van der Waals surface area contributed by atoms with E-state index in [0.717, 1.165) is 0 Å². The van der Waals surface area contributed by atoms with E-state index in [2.05, 4.69) is 10.6 Å². The molecule has 4 aromatic rings. The lowest BCUT2D eigenvalue weighted by Crippen LogP contribution is -2.60. The van der Waals surface area contributed by atoms with Crippen LogP contribution in [0.1, 0.15) is 35.5 Å². The number of benzene rings is 3. The fraction of sp³-hybridized carbons (Fsp3) is 0.361. The third-order valence-corrected chi connectivity index (χ3v) is 8.74. The van der Waals surface area contributed by atoms with Crippen LogP contribution in [0.15, 0.2) is 71.5 Å². The Hall–Kier alpha value is -5.86. The Labute approximate surface area is 297 Å². The molecular formula is C36H46FN7O7. The Morgan fingerprint density at radius 3 is 2.24 bits per heavy atom. The van der Waals surface area contributed by atoms with E-state index < -0.39 is 30.0 Å². The van der Waals surface area contributed by atoms with E-state index in [0.29, 0.717) is 33.8 Å². The van der Waals surface area contributed by atoms with Gasteiger partial charge in [-0.05, 0) is 61.4 Å². The van der Waals surface area contributed by atoms with Gasteiger partial charge < -0.3 is 34.8 Å². The van der Waals surface area contributed by atoms with E-state index >= 15 is 0 Å². The minimum atomic E-state index is -0.890. The molecule has 2 atom stereocenters. The van der Waals surface area contributed by atoms with E-state index in [1.165, 1.54) is 55.2 Å². The second kappa shape index (κ2) is 15.8. The van der Waals surface area contributed by atoms with Crippen LogP contribution in [0.4, 0.5) is 25.4 Å². The molecule has 51 heavy (non-hydrogen) atoms. The minimum Gasteiger partial charge on any atom is -0.497 e. The molecule has 3 aromatic carbocycles. The molecule has 0 aliphatic carbocycles. The van der Waals surface area contributed by atoms with Crippen LogP contribution in [-0.2, 0) is 9.53 Å². The van der Waals surface area contributed by atoms with Crippen molar-refractivity contribution in [1.82, 2.24) is 19.9 Å². The van der Waals surface area contributed by atoms with Gasteiger partial charge in [-0.2, -0.15) is 0 Å². The van der Waals surface area contributed by atoms with Crippen LogP contribution in [0, 0.1) is 11.7 Å². The summed E-state index contributed by atoms with van der Waals surface area (Å²) < 4.78 is 31.0.